The number of carbonyl (C=O) groups is 2. The highest BCUT2D eigenvalue weighted by molar-refractivity contribution is 7.89. The molecule has 1 aliphatic heterocycles. The SMILES string of the molecule is CN(C)S(=O)(=O)c1ccc(CC(=O)NC2CCC(=O)NC23CCC3)cc1. The van der Waals surface area contributed by atoms with E-state index in [-0.39, 0.29) is 34.7 Å². The van der Waals surface area contributed by atoms with Gasteiger partial charge in [-0.2, -0.15) is 0 Å². The van der Waals surface area contributed by atoms with Gasteiger partial charge in [0.15, 0.2) is 0 Å². The number of hydrogen-bond acceptors (Lipinski definition) is 4. The largest absolute Gasteiger partial charge is 0.351 e. The standard InChI is InChI=1S/C18H25N3O4S/c1-21(2)26(24,25)14-6-4-13(5-7-14)12-17(23)19-15-8-9-16(22)20-18(15)10-3-11-18/h4-7,15H,3,8-12H2,1-2H3,(H,19,23)(H,20,22). The van der Waals surface area contributed by atoms with Crippen LogP contribution in [0, 0.1) is 0 Å². The normalized spacial score (nSPS) is 22.0. The lowest BCUT2D eigenvalue weighted by Gasteiger charge is -2.51. The van der Waals surface area contributed by atoms with Crippen molar-refractivity contribution in [2.24, 2.45) is 0 Å². The molecule has 1 saturated carbocycles. The van der Waals surface area contributed by atoms with Gasteiger partial charge in [-0.15, -0.1) is 0 Å². The summed E-state index contributed by atoms with van der Waals surface area (Å²) in [5.74, 6) is -0.0477. The molecule has 0 aromatic heterocycles. The number of piperidine rings is 1. The minimum atomic E-state index is -3.47. The summed E-state index contributed by atoms with van der Waals surface area (Å²) in [5.41, 5.74) is 0.483. The van der Waals surface area contributed by atoms with Crippen molar-refractivity contribution >= 4 is 21.8 Å². The number of amides is 2. The summed E-state index contributed by atoms with van der Waals surface area (Å²) < 4.78 is 25.3. The minimum absolute atomic E-state index is 0.0326. The van der Waals surface area contributed by atoms with Gasteiger partial charge in [-0.3, -0.25) is 9.59 Å². The second kappa shape index (κ2) is 7.00. The molecule has 1 spiro atoms. The molecule has 1 unspecified atom stereocenters. The lowest BCUT2D eigenvalue weighted by atomic mass is 9.68. The zero-order valence-electron chi connectivity index (χ0n) is 15.1. The van der Waals surface area contributed by atoms with E-state index in [2.05, 4.69) is 10.6 Å². The molecule has 2 amide bonds. The summed E-state index contributed by atoms with van der Waals surface area (Å²) in [5, 5.41) is 6.12. The molecule has 0 bridgehead atoms. The second-order valence-electron chi connectivity index (χ2n) is 7.32. The fraction of sp³-hybridized carbons (Fsp3) is 0.556. The number of rotatable bonds is 5. The van der Waals surface area contributed by atoms with Gasteiger partial charge in [-0.25, -0.2) is 12.7 Å². The summed E-state index contributed by atoms with van der Waals surface area (Å²) in [7, 11) is -0.505. The van der Waals surface area contributed by atoms with Crippen molar-refractivity contribution in [3.63, 3.8) is 0 Å². The predicted octanol–water partition coefficient (Wildman–Crippen LogP) is 0.797. The molecule has 7 nitrogen and oxygen atoms in total. The van der Waals surface area contributed by atoms with E-state index in [4.69, 9.17) is 0 Å². The molecule has 2 aliphatic rings. The Labute approximate surface area is 154 Å². The molecule has 26 heavy (non-hydrogen) atoms. The van der Waals surface area contributed by atoms with Gasteiger partial charge in [0.1, 0.15) is 0 Å². The number of nitrogens with zero attached hydrogens (tertiary/aromatic N) is 1. The van der Waals surface area contributed by atoms with Gasteiger partial charge < -0.3 is 10.6 Å². The number of nitrogens with one attached hydrogen (secondary N) is 2. The molecule has 3 rings (SSSR count). The van der Waals surface area contributed by atoms with E-state index in [0.29, 0.717) is 12.8 Å². The molecule has 0 radical (unpaired) electrons. The Kier molecular flexibility index (Phi) is 5.07. The fourth-order valence-electron chi connectivity index (χ4n) is 3.64. The zero-order chi connectivity index (χ0) is 18.9. The fourth-order valence-corrected chi connectivity index (χ4v) is 4.54. The molecule has 142 valence electrons. The Morgan fingerprint density at radius 1 is 1.27 bits per heavy atom. The van der Waals surface area contributed by atoms with Gasteiger partial charge in [-0.05, 0) is 43.4 Å². The van der Waals surface area contributed by atoms with Crippen molar-refractivity contribution in [1.29, 1.82) is 0 Å². The third kappa shape index (κ3) is 3.61. The highest BCUT2D eigenvalue weighted by Gasteiger charge is 2.48. The molecule has 2 fully saturated rings. The van der Waals surface area contributed by atoms with Crippen molar-refractivity contribution in [2.75, 3.05) is 14.1 Å². The Bertz CT molecular complexity index is 798. The smallest absolute Gasteiger partial charge is 0.242 e. The van der Waals surface area contributed by atoms with E-state index >= 15 is 0 Å². The van der Waals surface area contributed by atoms with Crippen LogP contribution < -0.4 is 10.6 Å². The molecule has 1 aliphatic carbocycles. The average molecular weight is 379 g/mol. The Hall–Kier alpha value is -1.93. The summed E-state index contributed by atoms with van der Waals surface area (Å²) in [6.07, 6.45) is 4.15. The van der Waals surface area contributed by atoms with Crippen molar-refractivity contribution in [3.8, 4) is 0 Å². The number of sulfonamides is 1. The Morgan fingerprint density at radius 2 is 1.92 bits per heavy atom. The second-order valence-corrected chi connectivity index (χ2v) is 9.48. The van der Waals surface area contributed by atoms with E-state index in [1.54, 1.807) is 12.1 Å². The van der Waals surface area contributed by atoms with Gasteiger partial charge in [0.25, 0.3) is 0 Å². The summed E-state index contributed by atoms with van der Waals surface area (Å²) in [6, 6.07) is 6.34. The first kappa shape index (κ1) is 18.8. The van der Waals surface area contributed by atoms with Crippen LogP contribution in [0.4, 0.5) is 0 Å². The van der Waals surface area contributed by atoms with Crippen molar-refractivity contribution in [2.45, 2.75) is 55.0 Å². The van der Waals surface area contributed by atoms with E-state index in [9.17, 15) is 18.0 Å². The maximum Gasteiger partial charge on any atom is 0.242 e. The summed E-state index contributed by atoms with van der Waals surface area (Å²) in [6.45, 7) is 0. The monoisotopic (exact) mass is 379 g/mol. The lowest BCUT2D eigenvalue weighted by molar-refractivity contribution is -0.131. The minimum Gasteiger partial charge on any atom is -0.351 e. The van der Waals surface area contributed by atoms with Crippen molar-refractivity contribution in [3.05, 3.63) is 29.8 Å². The molecule has 8 heteroatoms. The molecule has 2 N–H and O–H groups in total. The van der Waals surface area contributed by atoms with E-state index < -0.39 is 10.0 Å². The molecular formula is C18H25N3O4S. The third-order valence-electron chi connectivity index (χ3n) is 5.36. The maximum atomic E-state index is 12.4. The van der Waals surface area contributed by atoms with Gasteiger partial charge in [0.2, 0.25) is 21.8 Å². The number of hydrogen-bond donors (Lipinski definition) is 2. The highest BCUT2D eigenvalue weighted by Crippen LogP contribution is 2.38. The Balaban J connectivity index is 1.62. The molecule has 1 saturated heterocycles. The van der Waals surface area contributed by atoms with Crippen LogP contribution in [0.5, 0.6) is 0 Å². The van der Waals surface area contributed by atoms with Crippen LogP contribution in [0.2, 0.25) is 0 Å². The molecule has 1 aromatic carbocycles. The quantitative estimate of drug-likeness (QED) is 0.791. The van der Waals surface area contributed by atoms with Crippen molar-refractivity contribution < 1.29 is 18.0 Å². The predicted molar refractivity (Wildman–Crippen MR) is 96.9 cm³/mol. The van der Waals surface area contributed by atoms with Crippen LogP contribution in [0.15, 0.2) is 29.2 Å². The van der Waals surface area contributed by atoms with Crippen LogP contribution in [-0.4, -0.2) is 50.2 Å². The zero-order valence-corrected chi connectivity index (χ0v) is 15.9. The first-order valence-electron chi connectivity index (χ1n) is 8.85. The highest BCUT2D eigenvalue weighted by atomic mass is 32.2. The first-order chi connectivity index (χ1) is 12.2. The van der Waals surface area contributed by atoms with Gasteiger partial charge in [-0.1, -0.05) is 12.1 Å². The van der Waals surface area contributed by atoms with Crippen LogP contribution in [0.1, 0.15) is 37.7 Å². The lowest BCUT2D eigenvalue weighted by Crippen LogP contribution is -2.68. The molecule has 1 heterocycles. The van der Waals surface area contributed by atoms with E-state index in [0.717, 1.165) is 29.1 Å². The molecule has 1 aromatic rings. The molecule has 1 atom stereocenters. The summed E-state index contributed by atoms with van der Waals surface area (Å²) >= 11 is 0. The van der Waals surface area contributed by atoms with Gasteiger partial charge >= 0.3 is 0 Å². The average Bonchev–Trinajstić information content (AvgIpc) is 2.55. The number of carbonyl (C=O) groups excluding carboxylic acids is 2. The Morgan fingerprint density at radius 3 is 2.46 bits per heavy atom. The van der Waals surface area contributed by atoms with E-state index in [1.807, 2.05) is 0 Å². The van der Waals surface area contributed by atoms with Gasteiger partial charge in [0.05, 0.1) is 22.9 Å². The maximum absolute atomic E-state index is 12.4. The first-order valence-corrected chi connectivity index (χ1v) is 10.3. The van der Waals surface area contributed by atoms with Crippen LogP contribution >= 0.6 is 0 Å². The third-order valence-corrected chi connectivity index (χ3v) is 7.19. The van der Waals surface area contributed by atoms with E-state index in [1.165, 1.54) is 26.2 Å². The van der Waals surface area contributed by atoms with Crippen LogP contribution in [0.25, 0.3) is 0 Å². The van der Waals surface area contributed by atoms with Crippen molar-refractivity contribution in [1.82, 2.24) is 14.9 Å². The topological polar surface area (TPSA) is 95.6 Å². The van der Waals surface area contributed by atoms with Crippen LogP contribution in [0.3, 0.4) is 0 Å². The number of benzene rings is 1. The van der Waals surface area contributed by atoms with Crippen LogP contribution in [-0.2, 0) is 26.0 Å². The summed E-state index contributed by atoms with van der Waals surface area (Å²) in [4.78, 5) is 24.3. The molecular weight excluding hydrogens is 354 g/mol. The van der Waals surface area contributed by atoms with Gasteiger partial charge in [0, 0.05) is 20.5 Å².